The van der Waals surface area contributed by atoms with Gasteiger partial charge in [0.2, 0.25) is 0 Å². The van der Waals surface area contributed by atoms with Crippen LogP contribution in [0.2, 0.25) is 0 Å². The molecular formula is C15H14O6S. The Morgan fingerprint density at radius 3 is 2.32 bits per heavy atom. The number of rotatable bonds is 6. The van der Waals surface area contributed by atoms with E-state index in [0.29, 0.717) is 12.4 Å². The molecule has 0 spiro atoms. The molecule has 0 aliphatic carbocycles. The lowest BCUT2D eigenvalue weighted by molar-refractivity contribution is 0.0696. The van der Waals surface area contributed by atoms with Crippen LogP contribution in [0.25, 0.3) is 0 Å². The van der Waals surface area contributed by atoms with E-state index in [1.54, 1.807) is 12.1 Å². The SMILES string of the molecule is CCOc1ccc(OS(=O)(=O)c2cccc(C(=O)O)c2)cc1. The molecule has 0 saturated carbocycles. The first-order valence-electron chi connectivity index (χ1n) is 6.43. The minimum absolute atomic E-state index is 0.115. The number of carbonyl (C=O) groups is 1. The zero-order valence-electron chi connectivity index (χ0n) is 11.7. The normalized spacial score (nSPS) is 11.0. The Labute approximate surface area is 128 Å². The third kappa shape index (κ3) is 3.76. The Morgan fingerprint density at radius 2 is 1.73 bits per heavy atom. The number of aromatic carboxylic acids is 1. The van der Waals surface area contributed by atoms with E-state index in [1.807, 2.05) is 6.92 Å². The summed E-state index contributed by atoms with van der Waals surface area (Å²) in [6.07, 6.45) is 0. The summed E-state index contributed by atoms with van der Waals surface area (Å²) in [6.45, 7) is 2.34. The highest BCUT2D eigenvalue weighted by atomic mass is 32.2. The van der Waals surface area contributed by atoms with Gasteiger partial charge in [0.1, 0.15) is 16.4 Å². The molecule has 22 heavy (non-hydrogen) atoms. The van der Waals surface area contributed by atoms with Crippen molar-refractivity contribution in [1.29, 1.82) is 0 Å². The number of carboxylic acid groups (broad SMARTS) is 1. The maximum atomic E-state index is 12.1. The highest BCUT2D eigenvalue weighted by Crippen LogP contribution is 2.22. The molecule has 7 heteroatoms. The summed E-state index contributed by atoms with van der Waals surface area (Å²) in [5, 5.41) is 8.90. The largest absolute Gasteiger partial charge is 0.494 e. The van der Waals surface area contributed by atoms with E-state index in [9.17, 15) is 13.2 Å². The molecule has 0 aromatic heterocycles. The third-order valence-corrected chi connectivity index (χ3v) is 3.95. The van der Waals surface area contributed by atoms with Gasteiger partial charge >= 0.3 is 16.1 Å². The average molecular weight is 322 g/mol. The Morgan fingerprint density at radius 1 is 1.09 bits per heavy atom. The monoisotopic (exact) mass is 322 g/mol. The fraction of sp³-hybridized carbons (Fsp3) is 0.133. The van der Waals surface area contributed by atoms with Gasteiger partial charge in [0.25, 0.3) is 0 Å². The fourth-order valence-electron chi connectivity index (χ4n) is 1.72. The molecule has 116 valence electrons. The predicted octanol–water partition coefficient (Wildman–Crippen LogP) is 2.55. The molecule has 0 fully saturated rings. The Kier molecular flexibility index (Phi) is 4.67. The summed E-state index contributed by atoms with van der Waals surface area (Å²) in [5.41, 5.74) is -0.128. The van der Waals surface area contributed by atoms with Crippen LogP contribution in [0.4, 0.5) is 0 Å². The lowest BCUT2D eigenvalue weighted by Gasteiger charge is -2.08. The molecule has 0 bridgehead atoms. The lowest BCUT2D eigenvalue weighted by atomic mass is 10.2. The van der Waals surface area contributed by atoms with Crippen molar-refractivity contribution in [2.75, 3.05) is 6.61 Å². The summed E-state index contributed by atoms with van der Waals surface area (Å²) in [5.74, 6) is -0.498. The summed E-state index contributed by atoms with van der Waals surface area (Å²) in [4.78, 5) is 10.7. The second kappa shape index (κ2) is 6.48. The second-order valence-electron chi connectivity index (χ2n) is 4.27. The molecule has 2 rings (SSSR count). The summed E-state index contributed by atoms with van der Waals surface area (Å²) in [7, 11) is -4.10. The molecule has 6 nitrogen and oxygen atoms in total. The molecule has 0 atom stereocenters. The van der Waals surface area contributed by atoms with E-state index in [2.05, 4.69) is 0 Å². The molecule has 0 saturated heterocycles. The highest BCUT2D eigenvalue weighted by molar-refractivity contribution is 7.87. The van der Waals surface area contributed by atoms with Crippen molar-refractivity contribution in [2.24, 2.45) is 0 Å². The minimum Gasteiger partial charge on any atom is -0.494 e. The van der Waals surface area contributed by atoms with E-state index in [1.165, 1.54) is 30.3 Å². The summed E-state index contributed by atoms with van der Waals surface area (Å²) >= 11 is 0. The average Bonchev–Trinajstić information content (AvgIpc) is 2.49. The molecule has 1 N–H and O–H groups in total. The van der Waals surface area contributed by atoms with Gasteiger partial charge < -0.3 is 14.0 Å². The zero-order chi connectivity index (χ0) is 16.2. The van der Waals surface area contributed by atoms with Gasteiger partial charge in [0.05, 0.1) is 12.2 Å². The molecule has 0 aliphatic heterocycles. The first kappa shape index (κ1) is 15.8. The van der Waals surface area contributed by atoms with Gasteiger partial charge in [-0.15, -0.1) is 0 Å². The van der Waals surface area contributed by atoms with E-state index in [4.69, 9.17) is 14.0 Å². The number of hydrogen-bond donors (Lipinski definition) is 1. The van der Waals surface area contributed by atoms with Crippen LogP contribution < -0.4 is 8.92 Å². The van der Waals surface area contributed by atoms with E-state index < -0.39 is 16.1 Å². The number of carboxylic acids is 1. The van der Waals surface area contributed by atoms with Crippen LogP contribution in [0.15, 0.2) is 53.4 Å². The van der Waals surface area contributed by atoms with Crippen LogP contribution in [-0.2, 0) is 10.1 Å². The van der Waals surface area contributed by atoms with Crippen LogP contribution in [0.3, 0.4) is 0 Å². The quantitative estimate of drug-likeness (QED) is 0.822. The zero-order valence-corrected chi connectivity index (χ0v) is 12.5. The van der Waals surface area contributed by atoms with Crippen LogP contribution in [0.1, 0.15) is 17.3 Å². The van der Waals surface area contributed by atoms with Crippen LogP contribution in [-0.4, -0.2) is 26.1 Å². The van der Waals surface area contributed by atoms with Crippen molar-refractivity contribution >= 4 is 16.1 Å². The van der Waals surface area contributed by atoms with Crippen LogP contribution in [0.5, 0.6) is 11.5 Å². The van der Waals surface area contributed by atoms with E-state index in [-0.39, 0.29) is 16.2 Å². The fourth-order valence-corrected chi connectivity index (χ4v) is 2.69. The molecule has 0 amide bonds. The smallest absolute Gasteiger partial charge is 0.339 e. The molecule has 2 aromatic rings. The number of benzene rings is 2. The molecule has 2 aromatic carbocycles. The van der Waals surface area contributed by atoms with Crippen molar-refractivity contribution in [1.82, 2.24) is 0 Å². The molecule has 0 heterocycles. The van der Waals surface area contributed by atoms with Gasteiger partial charge in [-0.3, -0.25) is 0 Å². The molecule has 0 radical (unpaired) electrons. The summed E-state index contributed by atoms with van der Waals surface area (Å²) in [6, 6.07) is 11.1. The topological polar surface area (TPSA) is 89.9 Å². The van der Waals surface area contributed by atoms with Crippen molar-refractivity contribution < 1.29 is 27.2 Å². The highest BCUT2D eigenvalue weighted by Gasteiger charge is 2.18. The Balaban J connectivity index is 2.23. The first-order valence-corrected chi connectivity index (χ1v) is 7.84. The van der Waals surface area contributed by atoms with Crippen molar-refractivity contribution in [2.45, 2.75) is 11.8 Å². The predicted molar refractivity (Wildman–Crippen MR) is 78.8 cm³/mol. The summed E-state index contributed by atoms with van der Waals surface area (Å²) < 4.78 is 34.5. The molecule has 0 aliphatic rings. The number of ether oxygens (including phenoxy) is 1. The third-order valence-electron chi connectivity index (χ3n) is 2.71. The number of hydrogen-bond acceptors (Lipinski definition) is 5. The Hall–Kier alpha value is -2.54. The first-order chi connectivity index (χ1) is 10.4. The molecular weight excluding hydrogens is 308 g/mol. The van der Waals surface area contributed by atoms with Crippen molar-refractivity contribution in [3.8, 4) is 11.5 Å². The standard InChI is InChI=1S/C15H14O6S/c1-2-20-12-6-8-13(9-7-12)21-22(18,19)14-5-3-4-11(10-14)15(16)17/h3-10H,2H2,1H3,(H,16,17). The lowest BCUT2D eigenvalue weighted by Crippen LogP contribution is -2.10. The maximum Gasteiger partial charge on any atom is 0.339 e. The van der Waals surface area contributed by atoms with Crippen molar-refractivity contribution in [3.63, 3.8) is 0 Å². The van der Waals surface area contributed by atoms with Gasteiger partial charge in [-0.05, 0) is 49.4 Å². The van der Waals surface area contributed by atoms with E-state index in [0.717, 1.165) is 6.07 Å². The van der Waals surface area contributed by atoms with Gasteiger partial charge in [-0.25, -0.2) is 4.79 Å². The van der Waals surface area contributed by atoms with Gasteiger partial charge in [-0.2, -0.15) is 8.42 Å². The van der Waals surface area contributed by atoms with Crippen LogP contribution in [0, 0.1) is 0 Å². The van der Waals surface area contributed by atoms with E-state index >= 15 is 0 Å². The Bertz CT molecular complexity index is 765. The minimum atomic E-state index is -4.10. The van der Waals surface area contributed by atoms with Crippen molar-refractivity contribution in [3.05, 3.63) is 54.1 Å². The van der Waals surface area contributed by atoms with Gasteiger partial charge in [0.15, 0.2) is 0 Å². The maximum absolute atomic E-state index is 12.1. The second-order valence-corrected chi connectivity index (χ2v) is 5.82. The molecule has 0 unspecified atom stereocenters. The van der Waals surface area contributed by atoms with Gasteiger partial charge in [0, 0.05) is 0 Å². The van der Waals surface area contributed by atoms with Crippen LogP contribution >= 0.6 is 0 Å². The van der Waals surface area contributed by atoms with Gasteiger partial charge in [-0.1, -0.05) is 6.07 Å².